The molecule has 1 heterocycles. The topological polar surface area (TPSA) is 84.9 Å². The lowest BCUT2D eigenvalue weighted by molar-refractivity contribution is -0.141. The molecule has 0 unspecified atom stereocenters. The van der Waals surface area contributed by atoms with E-state index in [-0.39, 0.29) is 13.2 Å². The summed E-state index contributed by atoms with van der Waals surface area (Å²) in [6, 6.07) is 13.7. The average molecular weight is 365 g/mol. The van der Waals surface area contributed by atoms with E-state index in [2.05, 4.69) is 5.32 Å². The number of nitrogens with one attached hydrogen (secondary N) is 1. The first kappa shape index (κ1) is 18.3. The Morgan fingerprint density at radius 1 is 1.07 bits per heavy atom. The summed E-state index contributed by atoms with van der Waals surface area (Å²) >= 11 is 0. The Kier molecular flexibility index (Phi) is 5.89. The highest BCUT2D eigenvalue weighted by Gasteiger charge is 2.19. The van der Waals surface area contributed by atoms with Crippen molar-refractivity contribution in [2.75, 3.05) is 6.79 Å². The fourth-order valence-electron chi connectivity index (χ4n) is 2.60. The molecule has 0 radical (unpaired) electrons. The van der Waals surface area contributed by atoms with Crippen LogP contribution >= 0.6 is 0 Å². The molecule has 1 amide bonds. The summed E-state index contributed by atoms with van der Waals surface area (Å²) in [5.41, 5.74) is 1.74. The maximum absolute atomic E-state index is 12.0. The molecule has 2 aromatic carbocycles. The largest absolute Gasteiger partial charge is 0.480 e. The summed E-state index contributed by atoms with van der Waals surface area (Å²) in [7, 11) is 0. The standard InChI is InChI=1S/C21H19NO5/c23-20(22-17(21(24)25)12-15-6-2-1-3-7-15)9-5-4-8-16-10-11-18-19(13-16)27-14-26-18/h1-11,13,17H,12,14H2,(H,22,23)(H,24,25)/b8-4+,9-5+/t17-/m0/s1. The molecule has 2 aromatic rings. The minimum atomic E-state index is -1.07. The lowest BCUT2D eigenvalue weighted by Crippen LogP contribution is -2.41. The van der Waals surface area contributed by atoms with Crippen molar-refractivity contribution in [3.05, 3.63) is 77.9 Å². The van der Waals surface area contributed by atoms with Crippen molar-refractivity contribution in [1.29, 1.82) is 0 Å². The molecular formula is C21H19NO5. The van der Waals surface area contributed by atoms with Gasteiger partial charge in [-0.15, -0.1) is 0 Å². The van der Waals surface area contributed by atoms with E-state index in [1.54, 1.807) is 12.2 Å². The van der Waals surface area contributed by atoms with Crippen LogP contribution < -0.4 is 14.8 Å². The van der Waals surface area contributed by atoms with Crippen LogP contribution in [0.4, 0.5) is 0 Å². The number of rotatable bonds is 7. The fraction of sp³-hybridized carbons (Fsp3) is 0.143. The van der Waals surface area contributed by atoms with E-state index < -0.39 is 17.9 Å². The number of benzene rings is 2. The van der Waals surface area contributed by atoms with Gasteiger partial charge in [0, 0.05) is 12.5 Å². The molecule has 6 heteroatoms. The number of carbonyl (C=O) groups is 2. The summed E-state index contributed by atoms with van der Waals surface area (Å²) in [6.45, 7) is 0.219. The molecule has 0 spiro atoms. The molecule has 1 aliphatic rings. The van der Waals surface area contributed by atoms with Crippen molar-refractivity contribution < 1.29 is 24.2 Å². The number of carbonyl (C=O) groups excluding carboxylic acids is 1. The number of hydrogen-bond acceptors (Lipinski definition) is 4. The number of ether oxygens (including phenoxy) is 2. The molecule has 138 valence electrons. The molecule has 0 bridgehead atoms. The minimum absolute atomic E-state index is 0.219. The fourth-order valence-corrected chi connectivity index (χ4v) is 2.60. The van der Waals surface area contributed by atoms with Crippen LogP contribution in [-0.2, 0) is 16.0 Å². The van der Waals surface area contributed by atoms with Gasteiger partial charge in [0.25, 0.3) is 0 Å². The van der Waals surface area contributed by atoms with E-state index in [9.17, 15) is 14.7 Å². The number of allylic oxidation sites excluding steroid dienone is 2. The second-order valence-electron chi connectivity index (χ2n) is 5.92. The summed E-state index contributed by atoms with van der Waals surface area (Å²) < 4.78 is 10.6. The van der Waals surface area contributed by atoms with E-state index in [0.29, 0.717) is 11.5 Å². The first-order chi connectivity index (χ1) is 13.1. The smallest absolute Gasteiger partial charge is 0.326 e. The third-order valence-electron chi connectivity index (χ3n) is 3.94. The Bertz CT molecular complexity index is 873. The Hall–Kier alpha value is -3.54. The summed E-state index contributed by atoms with van der Waals surface area (Å²) in [4.78, 5) is 23.4. The van der Waals surface area contributed by atoms with Gasteiger partial charge < -0.3 is 19.9 Å². The van der Waals surface area contributed by atoms with Crippen LogP contribution in [0.5, 0.6) is 11.5 Å². The van der Waals surface area contributed by atoms with Crippen LogP contribution in [0.15, 0.2) is 66.8 Å². The van der Waals surface area contributed by atoms with Crippen LogP contribution in [0.25, 0.3) is 6.08 Å². The molecule has 3 rings (SSSR count). The van der Waals surface area contributed by atoms with Crippen molar-refractivity contribution >= 4 is 18.0 Å². The van der Waals surface area contributed by atoms with Gasteiger partial charge in [-0.25, -0.2) is 4.79 Å². The summed E-state index contributed by atoms with van der Waals surface area (Å²) in [6.07, 6.45) is 6.59. The maximum Gasteiger partial charge on any atom is 0.326 e. The van der Waals surface area contributed by atoms with E-state index in [1.165, 1.54) is 6.08 Å². The number of carboxylic acids is 1. The van der Waals surface area contributed by atoms with Crippen LogP contribution in [-0.4, -0.2) is 29.8 Å². The van der Waals surface area contributed by atoms with Gasteiger partial charge >= 0.3 is 5.97 Å². The number of aliphatic carboxylic acids is 1. The number of hydrogen-bond donors (Lipinski definition) is 2. The van der Waals surface area contributed by atoms with E-state index >= 15 is 0 Å². The quantitative estimate of drug-likeness (QED) is 0.582. The highest BCUT2D eigenvalue weighted by molar-refractivity contribution is 5.91. The third kappa shape index (κ3) is 5.22. The monoisotopic (exact) mass is 365 g/mol. The van der Waals surface area contributed by atoms with Crippen LogP contribution in [0.1, 0.15) is 11.1 Å². The minimum Gasteiger partial charge on any atom is -0.480 e. The second kappa shape index (κ2) is 8.71. The molecule has 0 saturated heterocycles. The van der Waals surface area contributed by atoms with Gasteiger partial charge in [-0.2, -0.15) is 0 Å². The molecule has 0 fully saturated rings. The maximum atomic E-state index is 12.0. The Labute approximate surface area is 156 Å². The Balaban J connectivity index is 1.54. The average Bonchev–Trinajstić information content (AvgIpc) is 3.13. The molecule has 27 heavy (non-hydrogen) atoms. The van der Waals surface area contributed by atoms with Gasteiger partial charge in [0.2, 0.25) is 12.7 Å². The van der Waals surface area contributed by atoms with Crippen molar-refractivity contribution in [1.82, 2.24) is 5.32 Å². The molecular weight excluding hydrogens is 346 g/mol. The molecule has 1 aliphatic heterocycles. The molecule has 2 N–H and O–H groups in total. The zero-order valence-electron chi connectivity index (χ0n) is 14.5. The van der Waals surface area contributed by atoms with E-state index in [1.807, 2.05) is 54.6 Å². The Morgan fingerprint density at radius 2 is 1.85 bits per heavy atom. The summed E-state index contributed by atoms with van der Waals surface area (Å²) in [5.74, 6) is -0.144. The zero-order valence-corrected chi connectivity index (χ0v) is 14.5. The molecule has 0 aromatic heterocycles. The van der Waals surface area contributed by atoms with Gasteiger partial charge in [-0.3, -0.25) is 4.79 Å². The number of amides is 1. The predicted molar refractivity (Wildman–Crippen MR) is 100 cm³/mol. The first-order valence-electron chi connectivity index (χ1n) is 8.43. The molecule has 1 atom stereocenters. The van der Waals surface area contributed by atoms with Crippen molar-refractivity contribution in [3.63, 3.8) is 0 Å². The highest BCUT2D eigenvalue weighted by Crippen LogP contribution is 2.32. The highest BCUT2D eigenvalue weighted by atomic mass is 16.7. The molecule has 6 nitrogen and oxygen atoms in total. The summed E-state index contributed by atoms with van der Waals surface area (Å²) in [5, 5.41) is 11.8. The number of fused-ring (bicyclic) bond motifs is 1. The normalized spacial score (nSPS) is 13.8. The SMILES string of the molecule is O=C(/C=C/C=C/c1ccc2c(c1)OCO2)N[C@@H](Cc1ccccc1)C(=O)O. The first-order valence-corrected chi connectivity index (χ1v) is 8.43. The predicted octanol–water partition coefficient (Wildman–Crippen LogP) is 2.80. The second-order valence-corrected chi connectivity index (χ2v) is 5.92. The molecule has 0 aliphatic carbocycles. The van der Waals surface area contributed by atoms with E-state index in [0.717, 1.165) is 11.1 Å². The van der Waals surface area contributed by atoms with Crippen LogP contribution in [0, 0.1) is 0 Å². The van der Waals surface area contributed by atoms with Gasteiger partial charge in [-0.05, 0) is 23.3 Å². The van der Waals surface area contributed by atoms with Crippen LogP contribution in [0.3, 0.4) is 0 Å². The lowest BCUT2D eigenvalue weighted by Gasteiger charge is -2.13. The van der Waals surface area contributed by atoms with E-state index in [4.69, 9.17) is 9.47 Å². The van der Waals surface area contributed by atoms with Crippen molar-refractivity contribution in [2.45, 2.75) is 12.5 Å². The third-order valence-corrected chi connectivity index (χ3v) is 3.94. The van der Waals surface area contributed by atoms with Crippen molar-refractivity contribution in [2.24, 2.45) is 0 Å². The van der Waals surface area contributed by atoms with Crippen LogP contribution in [0.2, 0.25) is 0 Å². The van der Waals surface area contributed by atoms with Gasteiger partial charge in [0.05, 0.1) is 0 Å². The van der Waals surface area contributed by atoms with Gasteiger partial charge in [0.1, 0.15) is 6.04 Å². The Morgan fingerprint density at radius 3 is 2.63 bits per heavy atom. The number of carboxylic acid groups (broad SMARTS) is 1. The lowest BCUT2D eigenvalue weighted by atomic mass is 10.1. The zero-order chi connectivity index (χ0) is 19.1. The van der Waals surface area contributed by atoms with Gasteiger partial charge in [-0.1, -0.05) is 54.6 Å². The molecule has 0 saturated carbocycles. The van der Waals surface area contributed by atoms with Gasteiger partial charge in [0.15, 0.2) is 11.5 Å². The van der Waals surface area contributed by atoms with Crippen molar-refractivity contribution in [3.8, 4) is 11.5 Å².